The van der Waals surface area contributed by atoms with E-state index in [0.717, 1.165) is 23.5 Å². The van der Waals surface area contributed by atoms with E-state index >= 15 is 0 Å². The molecule has 3 nitrogen and oxygen atoms in total. The highest BCUT2D eigenvalue weighted by atomic mass is 32.1. The molecule has 0 radical (unpaired) electrons. The van der Waals surface area contributed by atoms with Gasteiger partial charge in [-0.3, -0.25) is 0 Å². The number of anilines is 9. The van der Waals surface area contributed by atoms with Gasteiger partial charge in [0.05, 0.1) is 17.1 Å². The lowest BCUT2D eigenvalue weighted by molar-refractivity contribution is 0.332. The van der Waals surface area contributed by atoms with Gasteiger partial charge >= 0.3 is 0 Å². The first-order valence-corrected chi connectivity index (χ1v) is 31.4. The Bertz CT molecular complexity index is 4120. The molecule has 414 valence electrons. The summed E-state index contributed by atoms with van der Waals surface area (Å²) in [7, 11) is 0. The monoisotopic (exact) mass is 1090 g/mol. The van der Waals surface area contributed by atoms with Gasteiger partial charge in [0.1, 0.15) is 0 Å². The van der Waals surface area contributed by atoms with Gasteiger partial charge in [-0.15, -0.1) is 11.3 Å². The second-order valence-electron chi connectivity index (χ2n) is 30.3. The minimum atomic E-state index is -0.261. The number of fused-ring (bicyclic) bond motifs is 11. The van der Waals surface area contributed by atoms with Crippen LogP contribution in [0.1, 0.15) is 181 Å². The number of thiophene rings is 1. The normalized spacial score (nSPS) is 18.2. The van der Waals surface area contributed by atoms with E-state index in [0.29, 0.717) is 0 Å². The van der Waals surface area contributed by atoms with Crippen molar-refractivity contribution in [3.63, 3.8) is 0 Å². The molecule has 5 aliphatic rings. The van der Waals surface area contributed by atoms with Crippen LogP contribution in [0.25, 0.3) is 21.2 Å². The van der Waals surface area contributed by atoms with Gasteiger partial charge in [0.25, 0.3) is 6.71 Å². The quantitative estimate of drug-likeness (QED) is 0.159. The lowest BCUT2D eigenvalue weighted by Crippen LogP contribution is -2.60. The van der Waals surface area contributed by atoms with Gasteiger partial charge in [0.15, 0.2) is 0 Å². The van der Waals surface area contributed by atoms with E-state index in [4.69, 9.17) is 0 Å². The number of hydrogen-bond donors (Lipinski definition) is 0. The Balaban J connectivity index is 1.16. The third-order valence-electron chi connectivity index (χ3n) is 20.6. The van der Waals surface area contributed by atoms with Gasteiger partial charge in [0.2, 0.25) is 0 Å². The predicted octanol–water partition coefficient (Wildman–Crippen LogP) is 20.1. The van der Waals surface area contributed by atoms with E-state index in [2.05, 4.69) is 295 Å². The molecule has 9 aromatic rings. The standard InChI is InChI=1S/C77H82BN3S/c1-71(2,3)47-29-32-50(33-30-47)79(49-23-18-17-19-24-49)52-43-64-68-65(44-52)81(63-28-22-26-54-53-25-20-21-27-56(53)77(15,16)67(54)63)62-36-31-48(72(4,5)6)41-61(62)78(68)70-69(55-45-59-60(46-66(55)82-70)76(13,14)40-39-75(59,11)12)80(64)51-34-35-57-58(42-51)74(9,10)38-37-73(57,7)8/h17-36,41-46H,37-40H2,1-16H3. The van der Waals surface area contributed by atoms with Crippen LogP contribution in [0.3, 0.4) is 0 Å². The summed E-state index contributed by atoms with van der Waals surface area (Å²) in [4.78, 5) is 8.02. The molecule has 0 fully saturated rings. The van der Waals surface area contributed by atoms with Crippen LogP contribution in [0.5, 0.6) is 0 Å². The van der Waals surface area contributed by atoms with E-state index < -0.39 is 0 Å². The molecule has 5 heteroatoms. The number of nitrogens with zero attached hydrogens (tertiary/aromatic N) is 3. The average Bonchev–Trinajstić information content (AvgIpc) is 1.50. The molecule has 3 heterocycles. The zero-order chi connectivity index (χ0) is 57.6. The fourth-order valence-corrected chi connectivity index (χ4v) is 16.9. The molecule has 2 aliphatic heterocycles. The van der Waals surface area contributed by atoms with Crippen LogP contribution < -0.4 is 30.4 Å². The SMILES string of the molecule is CC(C)(C)c1ccc(N(c2ccccc2)c2cc3c4c(c2)N(c2ccc5c(c2)C(C)(C)CCC5(C)C)c2c(sc5cc6c(cc25)C(C)(C)CCC6(C)C)B4c2cc(C(C)(C)C)ccc2N3c2cccc3c2C(C)(C)c2ccccc2-3)cc1. The van der Waals surface area contributed by atoms with E-state index in [-0.39, 0.29) is 44.6 Å². The topological polar surface area (TPSA) is 9.72 Å². The smallest absolute Gasteiger partial charge is 0.264 e. The van der Waals surface area contributed by atoms with E-state index in [9.17, 15) is 0 Å². The summed E-state index contributed by atoms with van der Waals surface area (Å²) in [5, 5.41) is 1.37. The summed E-state index contributed by atoms with van der Waals surface area (Å²) in [6, 6.07) is 62.5. The van der Waals surface area contributed by atoms with Gasteiger partial charge in [-0.1, -0.05) is 196 Å². The molecule has 0 unspecified atom stereocenters. The third-order valence-corrected chi connectivity index (χ3v) is 21.8. The van der Waals surface area contributed by atoms with Crippen LogP contribution in [0.4, 0.5) is 51.2 Å². The van der Waals surface area contributed by atoms with Crippen LogP contribution in [-0.4, -0.2) is 6.71 Å². The van der Waals surface area contributed by atoms with Crippen molar-refractivity contribution in [2.75, 3.05) is 14.7 Å². The highest BCUT2D eigenvalue weighted by molar-refractivity contribution is 7.33. The van der Waals surface area contributed by atoms with Crippen LogP contribution in [0, 0.1) is 0 Å². The molecule has 0 saturated heterocycles. The number of rotatable bonds is 5. The summed E-state index contributed by atoms with van der Waals surface area (Å²) in [5.41, 5.74) is 27.6. The van der Waals surface area contributed by atoms with E-state index in [1.165, 1.54) is 135 Å². The first kappa shape index (κ1) is 53.2. The molecule has 0 spiro atoms. The van der Waals surface area contributed by atoms with Gasteiger partial charge in [0, 0.05) is 54.4 Å². The fraction of sp³-hybridized carbons (Fsp3) is 0.351. The largest absolute Gasteiger partial charge is 0.311 e. The molecule has 14 rings (SSSR count). The van der Waals surface area contributed by atoms with Crippen molar-refractivity contribution >= 4 is 95.0 Å². The van der Waals surface area contributed by atoms with Crippen molar-refractivity contribution in [2.24, 2.45) is 0 Å². The Hall–Kier alpha value is -6.82. The summed E-state index contributed by atoms with van der Waals surface area (Å²) >= 11 is 2.06. The maximum atomic E-state index is 2.77. The zero-order valence-corrected chi connectivity index (χ0v) is 52.5. The molecular formula is C77H82BN3S. The average molecular weight is 1090 g/mol. The van der Waals surface area contributed by atoms with Gasteiger partial charge in [-0.2, -0.15) is 0 Å². The summed E-state index contributed by atoms with van der Waals surface area (Å²) in [6.45, 7) is 38.8. The second-order valence-corrected chi connectivity index (χ2v) is 31.4. The Morgan fingerprint density at radius 3 is 1.66 bits per heavy atom. The molecule has 8 aromatic carbocycles. The maximum Gasteiger partial charge on any atom is 0.264 e. The molecular weight excluding hydrogens is 1010 g/mol. The highest BCUT2D eigenvalue weighted by Crippen LogP contribution is 2.58. The van der Waals surface area contributed by atoms with E-state index in [1.54, 1.807) is 0 Å². The van der Waals surface area contributed by atoms with Crippen LogP contribution in [-0.2, 0) is 37.9 Å². The van der Waals surface area contributed by atoms with Crippen molar-refractivity contribution in [3.05, 3.63) is 202 Å². The van der Waals surface area contributed by atoms with Crippen molar-refractivity contribution in [2.45, 2.75) is 174 Å². The van der Waals surface area contributed by atoms with Gasteiger partial charge in [-0.05, 0) is 198 Å². The van der Waals surface area contributed by atoms with Crippen molar-refractivity contribution in [3.8, 4) is 11.1 Å². The lowest BCUT2D eigenvalue weighted by atomic mass is 9.36. The molecule has 0 bridgehead atoms. The second kappa shape index (κ2) is 17.6. The van der Waals surface area contributed by atoms with Crippen LogP contribution in [0.15, 0.2) is 158 Å². The molecule has 0 N–H and O–H groups in total. The molecule has 3 aliphatic carbocycles. The third kappa shape index (κ3) is 7.87. The highest BCUT2D eigenvalue weighted by Gasteiger charge is 2.50. The molecule has 0 amide bonds. The van der Waals surface area contributed by atoms with E-state index in [1.807, 2.05) is 0 Å². The fourth-order valence-electron chi connectivity index (χ4n) is 15.5. The van der Waals surface area contributed by atoms with Gasteiger partial charge < -0.3 is 14.7 Å². The summed E-state index contributed by atoms with van der Waals surface area (Å²) < 4.78 is 2.82. The Labute approximate surface area is 494 Å². The van der Waals surface area contributed by atoms with Crippen molar-refractivity contribution in [1.82, 2.24) is 0 Å². The first-order chi connectivity index (χ1) is 38.7. The zero-order valence-electron chi connectivity index (χ0n) is 51.7. The molecule has 0 saturated carbocycles. The Morgan fingerprint density at radius 2 is 1.00 bits per heavy atom. The summed E-state index contributed by atoms with van der Waals surface area (Å²) in [5.74, 6) is 0. The number of hydrogen-bond acceptors (Lipinski definition) is 4. The lowest BCUT2D eigenvalue weighted by Gasteiger charge is -2.46. The van der Waals surface area contributed by atoms with Gasteiger partial charge in [-0.25, -0.2) is 0 Å². The van der Waals surface area contributed by atoms with Crippen molar-refractivity contribution in [1.29, 1.82) is 0 Å². The Morgan fingerprint density at radius 1 is 0.439 bits per heavy atom. The van der Waals surface area contributed by atoms with Crippen LogP contribution >= 0.6 is 11.3 Å². The minimum absolute atomic E-state index is 0.00910. The minimum Gasteiger partial charge on any atom is -0.311 e. The van der Waals surface area contributed by atoms with Crippen molar-refractivity contribution < 1.29 is 0 Å². The molecule has 1 aromatic heterocycles. The number of benzene rings is 8. The summed E-state index contributed by atoms with van der Waals surface area (Å²) in [6.07, 6.45) is 4.67. The van der Waals surface area contributed by atoms with Crippen LogP contribution in [0.2, 0.25) is 0 Å². The number of para-hydroxylation sites is 1. The molecule has 82 heavy (non-hydrogen) atoms. The predicted molar refractivity (Wildman–Crippen MR) is 356 cm³/mol. The maximum absolute atomic E-state index is 2.77. The molecule has 0 atom stereocenters. The first-order valence-electron chi connectivity index (χ1n) is 30.5. The Kier molecular flexibility index (Phi) is 11.4.